The predicted molar refractivity (Wildman–Crippen MR) is 76.2 cm³/mol. The van der Waals surface area contributed by atoms with Gasteiger partial charge in [0.2, 0.25) is 0 Å². The number of rotatable bonds is 2. The van der Waals surface area contributed by atoms with Crippen LogP contribution < -0.4 is 4.90 Å². The molecule has 0 radical (unpaired) electrons. The summed E-state index contributed by atoms with van der Waals surface area (Å²) in [6.45, 7) is 1.85. The SMILES string of the molecule is O=C(O)c1cc(N2CCCC2)n2nc(Br)cc2n1.[KH]. The van der Waals surface area contributed by atoms with Gasteiger partial charge in [-0.2, -0.15) is 9.61 Å². The molecule has 1 fully saturated rings. The number of halogens is 1. The van der Waals surface area contributed by atoms with Crippen LogP contribution in [0.25, 0.3) is 5.65 Å². The van der Waals surface area contributed by atoms with Crippen molar-refractivity contribution in [1.82, 2.24) is 14.6 Å². The van der Waals surface area contributed by atoms with E-state index in [1.807, 2.05) is 0 Å². The van der Waals surface area contributed by atoms with Crippen molar-refractivity contribution in [3.05, 3.63) is 22.4 Å². The summed E-state index contributed by atoms with van der Waals surface area (Å²) in [5.41, 5.74) is 0.598. The van der Waals surface area contributed by atoms with Crippen molar-refractivity contribution >= 4 is 84.7 Å². The molecule has 0 aliphatic carbocycles. The van der Waals surface area contributed by atoms with E-state index in [1.54, 1.807) is 16.6 Å². The number of fused-ring (bicyclic) bond motifs is 1. The van der Waals surface area contributed by atoms with Crippen LogP contribution in [-0.2, 0) is 0 Å². The second-order valence-corrected chi connectivity index (χ2v) is 5.05. The van der Waals surface area contributed by atoms with Gasteiger partial charge in [0.05, 0.1) is 0 Å². The molecular formula is C11H12BrKN4O2. The molecule has 0 unspecified atom stereocenters. The fourth-order valence-electron chi connectivity index (χ4n) is 2.21. The minimum absolute atomic E-state index is 0. The summed E-state index contributed by atoms with van der Waals surface area (Å²) in [4.78, 5) is 17.3. The Morgan fingerprint density at radius 3 is 2.63 bits per heavy atom. The Morgan fingerprint density at radius 1 is 1.32 bits per heavy atom. The number of hydrogen-bond donors (Lipinski definition) is 1. The van der Waals surface area contributed by atoms with Gasteiger partial charge in [0, 0.05) is 25.2 Å². The van der Waals surface area contributed by atoms with Gasteiger partial charge in [-0.25, -0.2) is 9.78 Å². The number of nitrogens with zero attached hydrogens (tertiary/aromatic N) is 4. The molecule has 6 nitrogen and oxygen atoms in total. The number of carbonyl (C=O) groups is 1. The normalized spacial score (nSPS) is 14.7. The van der Waals surface area contributed by atoms with E-state index in [-0.39, 0.29) is 57.1 Å². The van der Waals surface area contributed by atoms with E-state index in [4.69, 9.17) is 5.11 Å². The van der Waals surface area contributed by atoms with Crippen LogP contribution in [0.15, 0.2) is 16.7 Å². The Labute approximate surface area is 160 Å². The third kappa shape index (κ3) is 3.03. The molecule has 1 aliphatic heterocycles. The number of carboxylic acid groups (broad SMARTS) is 1. The van der Waals surface area contributed by atoms with Crippen LogP contribution >= 0.6 is 15.9 Å². The van der Waals surface area contributed by atoms with Crippen LogP contribution in [0.3, 0.4) is 0 Å². The van der Waals surface area contributed by atoms with Crippen LogP contribution in [0.2, 0.25) is 0 Å². The van der Waals surface area contributed by atoms with Crippen molar-refractivity contribution in [2.24, 2.45) is 0 Å². The molecule has 0 amide bonds. The molecule has 1 aliphatic rings. The zero-order valence-electron chi connectivity index (χ0n) is 9.51. The van der Waals surface area contributed by atoms with Crippen molar-refractivity contribution in [3.8, 4) is 0 Å². The number of hydrogen-bond acceptors (Lipinski definition) is 4. The molecule has 0 atom stereocenters. The quantitative estimate of drug-likeness (QED) is 0.822. The average Bonchev–Trinajstić information content (AvgIpc) is 2.94. The first-order chi connectivity index (χ1) is 8.65. The van der Waals surface area contributed by atoms with Gasteiger partial charge in [-0.1, -0.05) is 0 Å². The zero-order chi connectivity index (χ0) is 12.7. The van der Waals surface area contributed by atoms with E-state index in [9.17, 15) is 4.79 Å². The summed E-state index contributed by atoms with van der Waals surface area (Å²) in [6.07, 6.45) is 2.24. The van der Waals surface area contributed by atoms with Crippen molar-refractivity contribution < 1.29 is 9.90 Å². The van der Waals surface area contributed by atoms with Gasteiger partial charge in [-0.3, -0.25) is 0 Å². The predicted octanol–water partition coefficient (Wildman–Crippen LogP) is 1.14. The second kappa shape index (κ2) is 6.19. The molecular weight excluding hydrogens is 339 g/mol. The van der Waals surface area contributed by atoms with Crippen molar-refractivity contribution in [1.29, 1.82) is 0 Å². The molecule has 96 valence electrons. The first-order valence-electron chi connectivity index (χ1n) is 5.70. The Kier molecular flexibility index (Phi) is 5.02. The fourth-order valence-corrected chi connectivity index (χ4v) is 2.58. The summed E-state index contributed by atoms with van der Waals surface area (Å²) >= 11 is 3.29. The molecule has 1 N–H and O–H groups in total. The van der Waals surface area contributed by atoms with Crippen molar-refractivity contribution in [3.63, 3.8) is 0 Å². The zero-order valence-corrected chi connectivity index (χ0v) is 11.1. The number of aromatic carboxylic acids is 1. The van der Waals surface area contributed by atoms with Crippen LogP contribution in [-0.4, -0.2) is 90.1 Å². The number of aromatic nitrogens is 3. The molecule has 0 bridgehead atoms. The second-order valence-electron chi connectivity index (χ2n) is 4.24. The monoisotopic (exact) mass is 350 g/mol. The van der Waals surface area contributed by atoms with E-state index < -0.39 is 5.97 Å². The molecule has 3 heterocycles. The first-order valence-corrected chi connectivity index (χ1v) is 6.49. The molecule has 8 heteroatoms. The maximum atomic E-state index is 11.1. The van der Waals surface area contributed by atoms with Gasteiger partial charge < -0.3 is 10.0 Å². The third-order valence-electron chi connectivity index (χ3n) is 3.03. The molecule has 0 saturated carbocycles. The third-order valence-corrected chi connectivity index (χ3v) is 3.42. The van der Waals surface area contributed by atoms with Gasteiger partial charge in [0.15, 0.2) is 11.3 Å². The molecule has 1 saturated heterocycles. The van der Waals surface area contributed by atoms with Crippen molar-refractivity contribution in [2.75, 3.05) is 18.0 Å². The molecule has 2 aromatic heterocycles. The van der Waals surface area contributed by atoms with Crippen LogP contribution in [0, 0.1) is 0 Å². The summed E-state index contributed by atoms with van der Waals surface area (Å²) in [7, 11) is 0. The summed E-state index contributed by atoms with van der Waals surface area (Å²) in [5, 5.41) is 13.4. The summed E-state index contributed by atoms with van der Waals surface area (Å²) in [6, 6.07) is 3.30. The Morgan fingerprint density at radius 2 is 2.00 bits per heavy atom. The number of carboxylic acids is 1. The van der Waals surface area contributed by atoms with E-state index in [2.05, 4.69) is 30.9 Å². The van der Waals surface area contributed by atoms with Crippen molar-refractivity contribution in [2.45, 2.75) is 12.8 Å². The first kappa shape index (κ1) is 15.4. The van der Waals surface area contributed by atoms with Gasteiger partial charge in [0.25, 0.3) is 0 Å². The molecule has 3 rings (SSSR count). The topological polar surface area (TPSA) is 70.7 Å². The summed E-state index contributed by atoms with van der Waals surface area (Å²) < 4.78 is 2.33. The standard InChI is InChI=1S/C11H11BrN4O2.K.H/c12-8-6-9-13-7(11(17)18)5-10(16(9)14-8)15-3-1-2-4-15;;/h5-6H,1-4H2,(H,17,18);;. The number of anilines is 1. The Hall–Kier alpha value is 0.00636. The van der Waals surface area contributed by atoms with Gasteiger partial charge in [-0.15, -0.1) is 0 Å². The van der Waals surface area contributed by atoms with E-state index in [1.165, 1.54) is 0 Å². The van der Waals surface area contributed by atoms with E-state index in [0.29, 0.717) is 10.3 Å². The van der Waals surface area contributed by atoms with E-state index in [0.717, 1.165) is 31.7 Å². The van der Waals surface area contributed by atoms with Gasteiger partial charge in [0.1, 0.15) is 10.4 Å². The summed E-state index contributed by atoms with van der Waals surface area (Å²) in [5.74, 6) is -0.226. The Balaban J connectivity index is 0.00000133. The minimum atomic E-state index is -1.02. The Bertz CT molecular complexity index is 624. The molecule has 0 spiro atoms. The van der Waals surface area contributed by atoms with Crippen LogP contribution in [0.1, 0.15) is 23.3 Å². The average molecular weight is 351 g/mol. The van der Waals surface area contributed by atoms with E-state index >= 15 is 0 Å². The molecule has 19 heavy (non-hydrogen) atoms. The fraction of sp³-hybridized carbons (Fsp3) is 0.364. The van der Waals surface area contributed by atoms with Crippen LogP contribution in [0.4, 0.5) is 5.82 Å². The molecule has 0 aromatic carbocycles. The van der Waals surface area contributed by atoms with Crippen LogP contribution in [0.5, 0.6) is 0 Å². The molecule has 2 aromatic rings. The maximum absolute atomic E-state index is 11.1. The van der Waals surface area contributed by atoms with Gasteiger partial charge in [-0.05, 0) is 28.8 Å². The van der Waals surface area contributed by atoms with Gasteiger partial charge >= 0.3 is 57.4 Å².